The quantitative estimate of drug-likeness (QED) is 0.726. The van der Waals surface area contributed by atoms with Crippen LogP contribution in [0.4, 0.5) is 15.8 Å². The topological polar surface area (TPSA) is 78.6 Å². The Morgan fingerprint density at radius 1 is 1.48 bits per heavy atom. The van der Waals surface area contributed by atoms with Crippen LogP contribution in [0.3, 0.4) is 0 Å². The van der Waals surface area contributed by atoms with Crippen LogP contribution in [0.1, 0.15) is 30.1 Å². The van der Waals surface area contributed by atoms with E-state index in [9.17, 15) is 9.18 Å². The number of nitrogen functional groups attached to an aromatic ring is 1. The predicted molar refractivity (Wildman–Crippen MR) is 81.1 cm³/mol. The second-order valence-corrected chi connectivity index (χ2v) is 5.68. The molecule has 21 heavy (non-hydrogen) atoms. The number of nitrogens with zero attached hydrogens (tertiary/aromatic N) is 1. The monoisotopic (exact) mass is 295 g/mol. The second kappa shape index (κ2) is 6.76. The molecule has 1 aromatic rings. The van der Waals surface area contributed by atoms with E-state index in [4.69, 9.17) is 10.8 Å². The van der Waals surface area contributed by atoms with E-state index in [1.165, 1.54) is 12.8 Å². The van der Waals surface area contributed by atoms with E-state index in [1.54, 1.807) is 0 Å². The summed E-state index contributed by atoms with van der Waals surface area (Å²) in [5.41, 5.74) is 6.06. The highest BCUT2D eigenvalue weighted by molar-refractivity contribution is 5.90. The molecular formula is C15H22FN3O2. The molecule has 1 saturated heterocycles. The Hall–Kier alpha value is -1.82. The summed E-state index contributed by atoms with van der Waals surface area (Å²) >= 11 is 0. The third kappa shape index (κ3) is 4.07. The van der Waals surface area contributed by atoms with Crippen LogP contribution in [0, 0.1) is 11.7 Å². The highest BCUT2D eigenvalue weighted by Crippen LogP contribution is 2.23. The molecule has 2 rings (SSSR count). The lowest BCUT2D eigenvalue weighted by molar-refractivity contribution is 0.0692. The molecule has 1 aliphatic heterocycles. The molecule has 0 aromatic heterocycles. The number of benzene rings is 1. The van der Waals surface area contributed by atoms with E-state index >= 15 is 0 Å². The van der Waals surface area contributed by atoms with Gasteiger partial charge in [-0.05, 0) is 44.0 Å². The summed E-state index contributed by atoms with van der Waals surface area (Å²) in [5, 5.41) is 11.9. The van der Waals surface area contributed by atoms with Gasteiger partial charge in [0.1, 0.15) is 5.82 Å². The molecule has 1 heterocycles. The van der Waals surface area contributed by atoms with Crippen molar-refractivity contribution in [2.45, 2.75) is 19.8 Å². The minimum Gasteiger partial charge on any atom is -0.478 e. The minimum absolute atomic E-state index is 0.251. The van der Waals surface area contributed by atoms with Gasteiger partial charge in [-0.1, -0.05) is 6.92 Å². The van der Waals surface area contributed by atoms with Gasteiger partial charge in [0, 0.05) is 13.1 Å². The molecule has 4 N–H and O–H groups in total. The van der Waals surface area contributed by atoms with Crippen molar-refractivity contribution in [3.8, 4) is 0 Å². The van der Waals surface area contributed by atoms with Gasteiger partial charge in [0.2, 0.25) is 0 Å². The van der Waals surface area contributed by atoms with E-state index in [1.807, 2.05) is 0 Å². The fourth-order valence-electron chi connectivity index (χ4n) is 2.54. The van der Waals surface area contributed by atoms with Gasteiger partial charge in [-0.3, -0.25) is 0 Å². The SMILES string of the molecule is CC1CCN(CCNc2cc(F)c(C(=O)O)cc2N)CC1. The molecule has 0 atom stereocenters. The summed E-state index contributed by atoms with van der Waals surface area (Å²) in [6.07, 6.45) is 2.42. The number of halogens is 1. The normalized spacial score (nSPS) is 16.9. The molecular weight excluding hydrogens is 273 g/mol. The van der Waals surface area contributed by atoms with Crippen LogP contribution in [-0.2, 0) is 0 Å². The van der Waals surface area contributed by atoms with Gasteiger partial charge < -0.3 is 21.1 Å². The zero-order valence-corrected chi connectivity index (χ0v) is 12.2. The van der Waals surface area contributed by atoms with Crippen LogP contribution in [-0.4, -0.2) is 42.2 Å². The summed E-state index contributed by atoms with van der Waals surface area (Å²) in [7, 11) is 0. The number of piperidine rings is 1. The van der Waals surface area contributed by atoms with Crippen LogP contribution >= 0.6 is 0 Å². The minimum atomic E-state index is -1.31. The summed E-state index contributed by atoms with van der Waals surface area (Å²) in [5.74, 6) is -1.29. The third-order valence-electron chi connectivity index (χ3n) is 3.99. The number of carboxylic acid groups (broad SMARTS) is 1. The number of anilines is 2. The summed E-state index contributed by atoms with van der Waals surface area (Å²) in [6, 6.07) is 2.31. The first-order valence-electron chi connectivity index (χ1n) is 7.26. The molecule has 5 nitrogen and oxygen atoms in total. The molecule has 116 valence electrons. The lowest BCUT2D eigenvalue weighted by Gasteiger charge is -2.30. The maximum Gasteiger partial charge on any atom is 0.338 e. The highest BCUT2D eigenvalue weighted by Gasteiger charge is 2.16. The summed E-state index contributed by atoms with van der Waals surface area (Å²) in [4.78, 5) is 13.2. The average molecular weight is 295 g/mol. The lowest BCUT2D eigenvalue weighted by Crippen LogP contribution is -2.36. The first kappa shape index (κ1) is 15.6. The van der Waals surface area contributed by atoms with Gasteiger partial charge in [0.15, 0.2) is 0 Å². The standard InChI is InChI=1S/C15H22FN3O2/c1-10-2-5-19(6-3-10)7-4-18-14-9-12(16)11(15(20)21)8-13(14)17/h8-10,18H,2-7,17H2,1H3,(H,20,21). The smallest absolute Gasteiger partial charge is 0.338 e. The molecule has 1 fully saturated rings. The Bertz CT molecular complexity index is 514. The Balaban J connectivity index is 1.88. The van der Waals surface area contributed by atoms with Crippen molar-refractivity contribution in [2.75, 3.05) is 37.2 Å². The maximum atomic E-state index is 13.6. The van der Waals surface area contributed by atoms with Crippen LogP contribution in [0.25, 0.3) is 0 Å². The first-order valence-corrected chi connectivity index (χ1v) is 7.26. The van der Waals surface area contributed by atoms with Crippen molar-refractivity contribution < 1.29 is 14.3 Å². The van der Waals surface area contributed by atoms with Gasteiger partial charge in [-0.2, -0.15) is 0 Å². The molecule has 0 aliphatic carbocycles. The van der Waals surface area contributed by atoms with Crippen molar-refractivity contribution in [3.63, 3.8) is 0 Å². The van der Waals surface area contributed by atoms with Gasteiger partial charge >= 0.3 is 5.97 Å². The zero-order valence-electron chi connectivity index (χ0n) is 12.2. The van der Waals surface area contributed by atoms with E-state index in [2.05, 4.69) is 17.1 Å². The van der Waals surface area contributed by atoms with Gasteiger partial charge in [0.05, 0.1) is 16.9 Å². The van der Waals surface area contributed by atoms with Gasteiger partial charge in [-0.15, -0.1) is 0 Å². The molecule has 0 amide bonds. The number of hydrogen-bond acceptors (Lipinski definition) is 4. The number of rotatable bonds is 5. The second-order valence-electron chi connectivity index (χ2n) is 5.68. The Labute approximate surface area is 123 Å². The fourth-order valence-corrected chi connectivity index (χ4v) is 2.54. The Kier molecular flexibility index (Phi) is 5.01. The predicted octanol–water partition coefficient (Wildman–Crippen LogP) is 2.25. The van der Waals surface area contributed by atoms with Crippen LogP contribution in [0.15, 0.2) is 12.1 Å². The molecule has 0 bridgehead atoms. The molecule has 0 radical (unpaired) electrons. The van der Waals surface area contributed by atoms with Gasteiger partial charge in [-0.25, -0.2) is 9.18 Å². The van der Waals surface area contributed by atoms with Crippen molar-refractivity contribution >= 4 is 17.3 Å². The maximum absolute atomic E-state index is 13.6. The molecule has 0 saturated carbocycles. The Morgan fingerprint density at radius 2 is 2.14 bits per heavy atom. The first-order chi connectivity index (χ1) is 9.97. The number of nitrogens with two attached hydrogens (primary N) is 1. The fraction of sp³-hybridized carbons (Fsp3) is 0.533. The van der Waals surface area contributed by atoms with Crippen LogP contribution in [0.5, 0.6) is 0 Å². The number of carbonyl (C=O) groups is 1. The lowest BCUT2D eigenvalue weighted by atomic mass is 9.99. The van der Waals surface area contributed by atoms with Crippen LogP contribution in [0.2, 0.25) is 0 Å². The average Bonchev–Trinajstić information content (AvgIpc) is 2.44. The molecule has 0 spiro atoms. The van der Waals surface area contributed by atoms with Crippen molar-refractivity contribution in [1.29, 1.82) is 0 Å². The summed E-state index contributed by atoms with van der Waals surface area (Å²) in [6.45, 7) is 5.97. The number of aromatic carboxylic acids is 1. The van der Waals surface area contributed by atoms with E-state index in [0.29, 0.717) is 12.2 Å². The Morgan fingerprint density at radius 3 is 2.76 bits per heavy atom. The molecule has 0 unspecified atom stereocenters. The number of hydrogen-bond donors (Lipinski definition) is 3. The summed E-state index contributed by atoms with van der Waals surface area (Å²) < 4.78 is 13.6. The highest BCUT2D eigenvalue weighted by atomic mass is 19.1. The number of carboxylic acids is 1. The zero-order chi connectivity index (χ0) is 15.4. The van der Waals surface area contributed by atoms with Crippen molar-refractivity contribution in [3.05, 3.63) is 23.5 Å². The third-order valence-corrected chi connectivity index (χ3v) is 3.99. The van der Waals surface area contributed by atoms with Crippen molar-refractivity contribution in [1.82, 2.24) is 4.90 Å². The van der Waals surface area contributed by atoms with Crippen molar-refractivity contribution in [2.24, 2.45) is 5.92 Å². The molecule has 6 heteroatoms. The molecule has 1 aromatic carbocycles. The van der Waals surface area contributed by atoms with E-state index in [-0.39, 0.29) is 5.69 Å². The number of likely N-dealkylation sites (tertiary alicyclic amines) is 1. The number of nitrogens with one attached hydrogen (secondary N) is 1. The van der Waals surface area contributed by atoms with E-state index in [0.717, 1.165) is 37.7 Å². The largest absolute Gasteiger partial charge is 0.478 e. The van der Waals surface area contributed by atoms with Crippen LogP contribution < -0.4 is 11.1 Å². The van der Waals surface area contributed by atoms with E-state index < -0.39 is 17.3 Å². The molecule has 1 aliphatic rings. The van der Waals surface area contributed by atoms with Gasteiger partial charge in [0.25, 0.3) is 0 Å².